The lowest BCUT2D eigenvalue weighted by Gasteiger charge is -2.11. The van der Waals surface area contributed by atoms with E-state index in [1.54, 1.807) is 24.3 Å². The Morgan fingerprint density at radius 2 is 1.81 bits per heavy atom. The molecular formula is C18H15NO8. The van der Waals surface area contributed by atoms with Gasteiger partial charge in [0.1, 0.15) is 17.9 Å². The summed E-state index contributed by atoms with van der Waals surface area (Å²) in [5.74, 6) is -1.12. The van der Waals surface area contributed by atoms with Crippen LogP contribution in [0.15, 0.2) is 54.8 Å². The van der Waals surface area contributed by atoms with Gasteiger partial charge in [-0.25, -0.2) is 9.59 Å². The second kappa shape index (κ2) is 8.99. The summed E-state index contributed by atoms with van der Waals surface area (Å²) in [5, 5.41) is 19.9. The van der Waals surface area contributed by atoms with Crippen LogP contribution in [0.5, 0.6) is 5.75 Å². The number of nitrogens with zero attached hydrogens (tertiary/aromatic N) is 1. The lowest BCUT2D eigenvalue weighted by Crippen LogP contribution is -2.12. The first-order valence-electron chi connectivity index (χ1n) is 7.56. The molecule has 0 radical (unpaired) electrons. The van der Waals surface area contributed by atoms with Crippen molar-refractivity contribution in [2.75, 3.05) is 7.11 Å². The fourth-order valence-electron chi connectivity index (χ4n) is 2.15. The van der Waals surface area contributed by atoms with Gasteiger partial charge in [-0.05, 0) is 23.3 Å². The van der Waals surface area contributed by atoms with Gasteiger partial charge in [0.05, 0.1) is 18.3 Å². The van der Waals surface area contributed by atoms with E-state index in [9.17, 15) is 24.8 Å². The topological polar surface area (TPSA) is 125 Å². The van der Waals surface area contributed by atoms with Gasteiger partial charge in [-0.1, -0.05) is 24.3 Å². The van der Waals surface area contributed by atoms with E-state index in [4.69, 9.17) is 14.2 Å². The Kier molecular flexibility index (Phi) is 6.48. The lowest BCUT2D eigenvalue weighted by atomic mass is 10.0. The molecule has 2 aromatic carbocycles. The van der Waals surface area contributed by atoms with Crippen LogP contribution in [0.3, 0.4) is 0 Å². The summed E-state index contributed by atoms with van der Waals surface area (Å²) < 4.78 is 14.7. The summed E-state index contributed by atoms with van der Waals surface area (Å²) in [5.41, 5.74) is 0.523. The number of methoxy groups -OCH3 is 1. The molecule has 2 rings (SSSR count). The van der Waals surface area contributed by atoms with Crippen molar-refractivity contribution in [3.8, 4) is 5.75 Å². The number of hydrogen-bond acceptors (Lipinski definition) is 7. The Balaban J connectivity index is 2.06. The van der Waals surface area contributed by atoms with Crippen molar-refractivity contribution in [3.63, 3.8) is 0 Å². The van der Waals surface area contributed by atoms with Crippen molar-refractivity contribution < 1.29 is 33.8 Å². The van der Waals surface area contributed by atoms with Crippen molar-refractivity contribution in [1.82, 2.24) is 0 Å². The fourth-order valence-corrected chi connectivity index (χ4v) is 2.15. The molecule has 0 bridgehead atoms. The second-order valence-electron chi connectivity index (χ2n) is 5.12. The number of carbonyl (C=O) groups excluding carboxylic acids is 1. The lowest BCUT2D eigenvalue weighted by molar-refractivity contribution is -0.384. The van der Waals surface area contributed by atoms with Crippen molar-refractivity contribution in [2.24, 2.45) is 0 Å². The number of non-ortho nitro benzene ring substituents is 1. The van der Waals surface area contributed by atoms with Gasteiger partial charge in [0.2, 0.25) is 0 Å². The van der Waals surface area contributed by atoms with E-state index >= 15 is 0 Å². The molecule has 0 fully saturated rings. The van der Waals surface area contributed by atoms with Crippen LogP contribution in [-0.4, -0.2) is 29.3 Å². The minimum atomic E-state index is -1.20. The SMILES string of the molecule is CO/C=C(/C(=O)O)c1ccccc1COC(=O)Oc1ccc([N+](=O)[O-])cc1. The third-order valence-electron chi connectivity index (χ3n) is 3.37. The summed E-state index contributed by atoms with van der Waals surface area (Å²) >= 11 is 0. The van der Waals surface area contributed by atoms with Gasteiger partial charge in [0, 0.05) is 12.1 Å². The predicted octanol–water partition coefficient (Wildman–Crippen LogP) is 3.38. The maximum atomic E-state index is 11.8. The van der Waals surface area contributed by atoms with Gasteiger partial charge in [-0.3, -0.25) is 10.1 Å². The molecule has 0 aliphatic rings. The largest absolute Gasteiger partial charge is 0.514 e. The van der Waals surface area contributed by atoms with Gasteiger partial charge < -0.3 is 19.3 Å². The average Bonchev–Trinajstić information content (AvgIpc) is 2.65. The molecule has 0 saturated carbocycles. The number of carboxylic acids is 1. The zero-order valence-corrected chi connectivity index (χ0v) is 14.2. The van der Waals surface area contributed by atoms with E-state index in [1.165, 1.54) is 31.4 Å². The number of carbonyl (C=O) groups is 2. The van der Waals surface area contributed by atoms with Crippen LogP contribution >= 0.6 is 0 Å². The van der Waals surface area contributed by atoms with Crippen LogP contribution < -0.4 is 4.74 Å². The minimum Gasteiger partial charge on any atom is -0.503 e. The van der Waals surface area contributed by atoms with E-state index in [0.717, 1.165) is 6.26 Å². The molecule has 0 atom stereocenters. The van der Waals surface area contributed by atoms with E-state index < -0.39 is 17.0 Å². The quantitative estimate of drug-likeness (QED) is 0.195. The Bertz CT molecular complexity index is 873. The highest BCUT2D eigenvalue weighted by molar-refractivity contribution is 6.15. The number of rotatable bonds is 7. The van der Waals surface area contributed by atoms with Crippen molar-refractivity contribution in [3.05, 3.63) is 76.0 Å². The molecule has 0 unspecified atom stereocenters. The number of nitro groups is 1. The normalized spacial score (nSPS) is 10.8. The zero-order valence-electron chi connectivity index (χ0n) is 14.2. The maximum absolute atomic E-state index is 11.8. The third kappa shape index (κ3) is 5.30. The Hall–Kier alpha value is -3.88. The predicted molar refractivity (Wildman–Crippen MR) is 93.0 cm³/mol. The molecule has 0 saturated heterocycles. The molecule has 0 heterocycles. The van der Waals surface area contributed by atoms with Gasteiger partial charge in [0.25, 0.3) is 5.69 Å². The maximum Gasteiger partial charge on any atom is 0.514 e. The molecular weight excluding hydrogens is 358 g/mol. The molecule has 140 valence electrons. The van der Waals surface area contributed by atoms with Gasteiger partial charge in [0.15, 0.2) is 0 Å². The number of ether oxygens (including phenoxy) is 3. The number of hydrogen-bond donors (Lipinski definition) is 1. The van der Waals surface area contributed by atoms with E-state index in [-0.39, 0.29) is 23.6 Å². The van der Waals surface area contributed by atoms with E-state index in [2.05, 4.69) is 0 Å². The number of benzene rings is 2. The van der Waals surface area contributed by atoms with Crippen molar-refractivity contribution in [2.45, 2.75) is 6.61 Å². The molecule has 1 N–H and O–H groups in total. The molecule has 0 aliphatic heterocycles. The Labute approximate surface area is 153 Å². The van der Waals surface area contributed by atoms with Crippen LogP contribution in [0.4, 0.5) is 10.5 Å². The van der Waals surface area contributed by atoms with Crippen LogP contribution in [0.25, 0.3) is 5.57 Å². The number of nitro benzene ring substituents is 1. The standard InChI is InChI=1S/C18H15NO8/c1-25-11-16(17(20)21)15-5-3-2-4-12(15)10-26-18(22)27-14-8-6-13(7-9-14)19(23)24/h2-9,11H,10H2,1H3,(H,20,21)/b16-11+. The smallest absolute Gasteiger partial charge is 0.503 e. The molecule has 2 aromatic rings. The first-order valence-corrected chi connectivity index (χ1v) is 7.56. The second-order valence-corrected chi connectivity index (χ2v) is 5.12. The number of carboxylic acid groups (broad SMARTS) is 1. The van der Waals surface area contributed by atoms with E-state index in [1.807, 2.05) is 0 Å². The highest BCUT2D eigenvalue weighted by Gasteiger charge is 2.16. The monoisotopic (exact) mass is 373 g/mol. The van der Waals surface area contributed by atoms with Gasteiger partial charge in [-0.15, -0.1) is 0 Å². The molecule has 9 nitrogen and oxygen atoms in total. The Morgan fingerprint density at radius 3 is 2.41 bits per heavy atom. The Morgan fingerprint density at radius 1 is 1.15 bits per heavy atom. The summed E-state index contributed by atoms with van der Waals surface area (Å²) in [7, 11) is 1.32. The summed E-state index contributed by atoms with van der Waals surface area (Å²) in [6, 6.07) is 11.4. The molecule has 9 heteroatoms. The van der Waals surface area contributed by atoms with Crippen molar-refractivity contribution in [1.29, 1.82) is 0 Å². The van der Waals surface area contributed by atoms with Gasteiger partial charge >= 0.3 is 12.1 Å². The first kappa shape index (κ1) is 19.4. The third-order valence-corrected chi connectivity index (χ3v) is 3.37. The fraction of sp³-hybridized carbons (Fsp3) is 0.111. The molecule has 0 amide bonds. The molecule has 0 spiro atoms. The summed E-state index contributed by atoms with van der Waals surface area (Å²) in [6.45, 7) is -0.240. The number of aliphatic carboxylic acids is 1. The average molecular weight is 373 g/mol. The summed E-state index contributed by atoms with van der Waals surface area (Å²) in [4.78, 5) is 33.2. The van der Waals surface area contributed by atoms with Gasteiger partial charge in [-0.2, -0.15) is 0 Å². The minimum absolute atomic E-state index is 0.0735. The molecule has 27 heavy (non-hydrogen) atoms. The van der Waals surface area contributed by atoms with E-state index in [0.29, 0.717) is 11.1 Å². The first-order chi connectivity index (χ1) is 12.9. The van der Waals surface area contributed by atoms with Crippen LogP contribution in [-0.2, 0) is 20.9 Å². The van der Waals surface area contributed by atoms with Crippen LogP contribution in [0, 0.1) is 10.1 Å². The zero-order chi connectivity index (χ0) is 19.8. The molecule has 0 aromatic heterocycles. The van der Waals surface area contributed by atoms with Crippen LogP contribution in [0.1, 0.15) is 11.1 Å². The van der Waals surface area contributed by atoms with Crippen LogP contribution in [0.2, 0.25) is 0 Å². The summed E-state index contributed by atoms with van der Waals surface area (Å²) in [6.07, 6.45) is 0.0438. The van der Waals surface area contributed by atoms with Crippen molar-refractivity contribution >= 4 is 23.4 Å². The highest BCUT2D eigenvalue weighted by atomic mass is 16.7. The molecule has 0 aliphatic carbocycles. The highest BCUT2D eigenvalue weighted by Crippen LogP contribution is 2.22.